The van der Waals surface area contributed by atoms with Gasteiger partial charge >= 0.3 is 0 Å². The van der Waals surface area contributed by atoms with Crippen LogP contribution in [0.15, 0.2) is 38.2 Å². The van der Waals surface area contributed by atoms with E-state index in [1.165, 1.54) is 18.2 Å². The number of carbonyl (C=O) groups is 1. The summed E-state index contributed by atoms with van der Waals surface area (Å²) in [4.78, 5) is 14.5. The number of amides is 1. The highest BCUT2D eigenvalue weighted by Gasteiger charge is 2.21. The summed E-state index contributed by atoms with van der Waals surface area (Å²) in [7, 11) is 1.64. The number of furan rings is 1. The van der Waals surface area contributed by atoms with Crippen LogP contribution in [0.2, 0.25) is 0 Å². The van der Waals surface area contributed by atoms with Crippen LogP contribution in [-0.4, -0.2) is 47.0 Å². The lowest BCUT2D eigenvalue weighted by molar-refractivity contribution is -0.127. The van der Waals surface area contributed by atoms with Crippen molar-refractivity contribution in [2.24, 2.45) is 0 Å². The Balaban J connectivity index is 1.62. The van der Waals surface area contributed by atoms with Gasteiger partial charge in [-0.3, -0.25) is 4.79 Å². The number of hydrogen-bond donors (Lipinski definition) is 0. The van der Waals surface area contributed by atoms with E-state index < -0.39 is 0 Å². The summed E-state index contributed by atoms with van der Waals surface area (Å²) in [5, 5.41) is 8.42. The molecule has 0 atom stereocenters. The topological polar surface area (TPSA) is 81.6 Å². The molecular weight excluding hydrogens is 354 g/mol. The zero-order chi connectivity index (χ0) is 18.4. The van der Waals surface area contributed by atoms with Crippen molar-refractivity contribution in [2.75, 3.05) is 26.0 Å². The predicted octanol–water partition coefficient (Wildman–Crippen LogP) is 3.66. The number of carbonyl (C=O) groups excluding carboxylic acids is 1. The summed E-state index contributed by atoms with van der Waals surface area (Å²) in [6.07, 6.45) is 8.00. The van der Waals surface area contributed by atoms with Gasteiger partial charge in [0.25, 0.3) is 11.1 Å². The van der Waals surface area contributed by atoms with Crippen LogP contribution in [0.1, 0.15) is 31.4 Å². The Labute approximate surface area is 156 Å². The second-order valence-corrected chi connectivity index (χ2v) is 6.96. The number of allylic oxidation sites excluding steroid dienone is 2. The molecule has 2 heterocycles. The Kier molecular flexibility index (Phi) is 6.51. The van der Waals surface area contributed by atoms with Gasteiger partial charge in [0.15, 0.2) is 0 Å². The number of thioether (sulfide) groups is 1. The highest BCUT2D eigenvalue weighted by molar-refractivity contribution is 7.99. The number of nitrogens with zero attached hydrogens (tertiary/aromatic N) is 3. The number of aromatic nitrogens is 2. The molecule has 1 aliphatic rings. The fourth-order valence-corrected chi connectivity index (χ4v) is 3.50. The van der Waals surface area contributed by atoms with Crippen LogP contribution in [0.25, 0.3) is 11.5 Å². The molecule has 1 aliphatic carbocycles. The van der Waals surface area contributed by atoms with Crippen molar-refractivity contribution in [3.05, 3.63) is 29.9 Å². The van der Waals surface area contributed by atoms with Gasteiger partial charge in [-0.05, 0) is 38.7 Å². The normalized spacial score (nSPS) is 14.3. The molecule has 0 aliphatic heterocycles. The minimum atomic E-state index is 0.0273. The Bertz CT molecular complexity index is 768. The number of hydrogen-bond acceptors (Lipinski definition) is 7. The standard InChI is InChI=1S/C18H23N3O4S/c1-13-15(8-10-24-13)17-19-20-18(25-17)26-12-16(22)21(9-11-23-2)14-6-4-3-5-7-14/h6,8,10H,3-5,7,9,11-12H2,1-2H3. The third kappa shape index (κ3) is 4.56. The summed E-state index contributed by atoms with van der Waals surface area (Å²) >= 11 is 1.25. The average Bonchev–Trinajstić information content (AvgIpc) is 3.29. The molecule has 2 aromatic heterocycles. The fourth-order valence-electron chi connectivity index (χ4n) is 2.86. The van der Waals surface area contributed by atoms with Crippen LogP contribution >= 0.6 is 11.8 Å². The molecule has 0 bridgehead atoms. The van der Waals surface area contributed by atoms with E-state index in [1.807, 2.05) is 11.8 Å². The molecule has 0 radical (unpaired) electrons. The first kappa shape index (κ1) is 18.7. The summed E-state index contributed by atoms with van der Waals surface area (Å²) in [5.41, 5.74) is 1.86. The minimum Gasteiger partial charge on any atom is -0.469 e. The van der Waals surface area contributed by atoms with Crippen molar-refractivity contribution in [1.29, 1.82) is 0 Å². The largest absolute Gasteiger partial charge is 0.469 e. The molecule has 0 saturated heterocycles. The zero-order valence-corrected chi connectivity index (χ0v) is 15.9. The molecule has 0 fully saturated rings. The summed E-state index contributed by atoms with van der Waals surface area (Å²) in [6, 6.07) is 1.78. The molecule has 8 heteroatoms. The second-order valence-electron chi connectivity index (χ2n) is 6.03. The third-order valence-electron chi connectivity index (χ3n) is 4.25. The van der Waals surface area contributed by atoms with Crippen LogP contribution in [-0.2, 0) is 9.53 Å². The summed E-state index contributed by atoms with van der Waals surface area (Å²) in [6.45, 7) is 2.91. The summed E-state index contributed by atoms with van der Waals surface area (Å²) < 4.78 is 16.0. The molecular formula is C18H23N3O4S. The molecule has 0 N–H and O–H groups in total. The van der Waals surface area contributed by atoms with E-state index in [1.54, 1.807) is 19.4 Å². The lowest BCUT2D eigenvalue weighted by Crippen LogP contribution is -2.35. The monoisotopic (exact) mass is 377 g/mol. The lowest BCUT2D eigenvalue weighted by atomic mass is 10.0. The van der Waals surface area contributed by atoms with E-state index in [-0.39, 0.29) is 11.7 Å². The smallest absolute Gasteiger partial charge is 0.277 e. The van der Waals surface area contributed by atoms with Crippen LogP contribution < -0.4 is 0 Å². The fraction of sp³-hybridized carbons (Fsp3) is 0.500. The molecule has 3 rings (SSSR count). The SMILES string of the molecule is COCCN(C(=O)CSc1nnc(-c2ccoc2C)o1)C1=CCCCC1. The zero-order valence-electron chi connectivity index (χ0n) is 15.1. The van der Waals surface area contributed by atoms with Crippen molar-refractivity contribution in [2.45, 2.75) is 37.8 Å². The second kappa shape index (κ2) is 9.05. The van der Waals surface area contributed by atoms with E-state index in [2.05, 4.69) is 16.3 Å². The van der Waals surface area contributed by atoms with Crippen molar-refractivity contribution in [3.63, 3.8) is 0 Å². The quantitative estimate of drug-likeness (QED) is 0.649. The Hall–Kier alpha value is -2.06. The Morgan fingerprint density at radius 2 is 2.27 bits per heavy atom. The maximum absolute atomic E-state index is 12.7. The van der Waals surface area contributed by atoms with Gasteiger partial charge in [-0.25, -0.2) is 0 Å². The maximum Gasteiger partial charge on any atom is 0.277 e. The van der Waals surface area contributed by atoms with Gasteiger partial charge in [-0.15, -0.1) is 10.2 Å². The molecule has 7 nitrogen and oxygen atoms in total. The molecule has 0 saturated carbocycles. The molecule has 2 aromatic rings. The van der Waals surface area contributed by atoms with Gasteiger partial charge in [0.2, 0.25) is 5.91 Å². The van der Waals surface area contributed by atoms with Crippen molar-refractivity contribution in [3.8, 4) is 11.5 Å². The highest BCUT2D eigenvalue weighted by atomic mass is 32.2. The van der Waals surface area contributed by atoms with E-state index in [0.717, 1.165) is 36.3 Å². The van der Waals surface area contributed by atoms with Gasteiger partial charge < -0.3 is 18.5 Å². The molecule has 0 unspecified atom stereocenters. The van der Waals surface area contributed by atoms with Crippen molar-refractivity contribution < 1.29 is 18.4 Å². The van der Waals surface area contributed by atoms with E-state index in [4.69, 9.17) is 13.6 Å². The predicted molar refractivity (Wildman–Crippen MR) is 97.6 cm³/mol. The van der Waals surface area contributed by atoms with Gasteiger partial charge in [-0.2, -0.15) is 0 Å². The van der Waals surface area contributed by atoms with Crippen molar-refractivity contribution in [1.82, 2.24) is 15.1 Å². The minimum absolute atomic E-state index is 0.0273. The highest BCUT2D eigenvalue weighted by Crippen LogP contribution is 2.27. The molecule has 0 aromatic carbocycles. The summed E-state index contributed by atoms with van der Waals surface area (Å²) in [5.74, 6) is 1.39. The van der Waals surface area contributed by atoms with E-state index in [0.29, 0.717) is 24.3 Å². The first-order chi connectivity index (χ1) is 12.7. The molecule has 0 spiro atoms. The van der Waals surface area contributed by atoms with Crippen LogP contribution in [0.4, 0.5) is 0 Å². The molecule has 26 heavy (non-hydrogen) atoms. The number of rotatable bonds is 8. The molecule has 140 valence electrons. The first-order valence-corrected chi connectivity index (χ1v) is 9.66. The van der Waals surface area contributed by atoms with Crippen LogP contribution in [0, 0.1) is 6.92 Å². The average molecular weight is 377 g/mol. The van der Waals surface area contributed by atoms with Gasteiger partial charge in [0.1, 0.15) is 5.76 Å². The van der Waals surface area contributed by atoms with Crippen LogP contribution in [0.5, 0.6) is 0 Å². The van der Waals surface area contributed by atoms with Gasteiger partial charge in [0.05, 0.1) is 24.2 Å². The Morgan fingerprint density at radius 1 is 1.38 bits per heavy atom. The van der Waals surface area contributed by atoms with Gasteiger partial charge in [-0.1, -0.05) is 17.8 Å². The van der Waals surface area contributed by atoms with E-state index in [9.17, 15) is 4.79 Å². The molecule has 1 amide bonds. The van der Waals surface area contributed by atoms with E-state index >= 15 is 0 Å². The number of aryl methyl sites for hydroxylation is 1. The van der Waals surface area contributed by atoms with Crippen LogP contribution in [0.3, 0.4) is 0 Å². The van der Waals surface area contributed by atoms with Gasteiger partial charge in [0, 0.05) is 19.4 Å². The maximum atomic E-state index is 12.7. The Morgan fingerprint density at radius 3 is 2.96 bits per heavy atom. The number of methoxy groups -OCH3 is 1. The third-order valence-corrected chi connectivity index (χ3v) is 5.05. The number of ether oxygens (including phenoxy) is 1. The lowest BCUT2D eigenvalue weighted by Gasteiger charge is -2.27. The van der Waals surface area contributed by atoms with Crippen molar-refractivity contribution >= 4 is 17.7 Å². The first-order valence-electron chi connectivity index (χ1n) is 8.68.